The molecule has 0 aromatic heterocycles. The lowest BCUT2D eigenvalue weighted by atomic mass is 10.1. The van der Waals surface area contributed by atoms with Crippen LogP contribution in [0.15, 0.2) is 35.1 Å². The van der Waals surface area contributed by atoms with E-state index in [1.165, 1.54) is 18.1 Å². The Labute approximate surface area is 211 Å². The van der Waals surface area contributed by atoms with E-state index in [4.69, 9.17) is 0 Å². The van der Waals surface area contributed by atoms with Gasteiger partial charge in [-0.25, -0.2) is 0 Å². The molecule has 4 N–H and O–H groups in total. The van der Waals surface area contributed by atoms with Gasteiger partial charge in [0.15, 0.2) is 0 Å². The van der Waals surface area contributed by atoms with E-state index >= 15 is 0 Å². The molecule has 0 spiro atoms. The fourth-order valence-electron chi connectivity index (χ4n) is 3.21. The predicted octanol–water partition coefficient (Wildman–Crippen LogP) is 4.53. The zero-order valence-electron chi connectivity index (χ0n) is 22.2. The number of carbonyl (C=O) groups is 3. The quantitative estimate of drug-likeness (QED) is 0.316. The molecule has 0 saturated carbocycles. The molecule has 2 atom stereocenters. The van der Waals surface area contributed by atoms with Crippen LogP contribution in [0.25, 0.3) is 0 Å². The minimum absolute atomic E-state index is 0.261. The highest BCUT2D eigenvalue weighted by atomic mass is 32.2. The highest BCUT2D eigenvalue weighted by Crippen LogP contribution is 2.13. The zero-order chi connectivity index (χ0) is 25.9. The number of amides is 3. The van der Waals surface area contributed by atoms with Crippen molar-refractivity contribution in [1.82, 2.24) is 21.5 Å². The van der Waals surface area contributed by atoms with E-state index in [0.29, 0.717) is 12.2 Å². The van der Waals surface area contributed by atoms with Crippen molar-refractivity contribution in [3.8, 4) is 0 Å². The van der Waals surface area contributed by atoms with Crippen LogP contribution in [0.2, 0.25) is 0 Å². The van der Waals surface area contributed by atoms with Gasteiger partial charge in [0.2, 0.25) is 11.8 Å². The predicted molar refractivity (Wildman–Crippen MR) is 144 cm³/mol. The molecule has 34 heavy (non-hydrogen) atoms. The molecule has 1 aliphatic rings. The average molecular weight is 495 g/mol. The van der Waals surface area contributed by atoms with Crippen molar-refractivity contribution in [3.05, 3.63) is 35.1 Å². The Morgan fingerprint density at radius 2 is 1.85 bits per heavy atom. The standard InChI is InChI=1S/C24H40N4O3S.C2H6/c1-6-9-21(25-19(5)29)23(30)26-22-16-32-15-14-20(27-28-24(22)31)13-8-12-18(4)11-7-10-17(2)3;1-2/h10,12,14,21-22,27H,6-9,11,13,15-16H2,1-5H3,(H,25,29)(H,26,30)(H,28,31);1-2H3/b18-12+,20-14-;. The van der Waals surface area contributed by atoms with Crippen molar-refractivity contribution in [2.24, 2.45) is 0 Å². The fourth-order valence-corrected chi connectivity index (χ4v) is 4.14. The fraction of sp³-hybridized carbons (Fsp3) is 0.654. The molecule has 1 rings (SSSR count). The van der Waals surface area contributed by atoms with Gasteiger partial charge in [-0.3, -0.25) is 19.8 Å². The highest BCUT2D eigenvalue weighted by Gasteiger charge is 2.26. The van der Waals surface area contributed by atoms with Gasteiger partial charge in [0.05, 0.1) is 0 Å². The number of allylic oxidation sites excluding steroid dienone is 5. The number of thioether (sulfide) groups is 1. The zero-order valence-corrected chi connectivity index (χ0v) is 23.0. The van der Waals surface area contributed by atoms with Crippen LogP contribution in [-0.2, 0) is 14.4 Å². The minimum Gasteiger partial charge on any atom is -0.345 e. The van der Waals surface area contributed by atoms with E-state index in [9.17, 15) is 14.4 Å². The Bertz CT molecular complexity index is 728. The van der Waals surface area contributed by atoms with Gasteiger partial charge in [0.1, 0.15) is 12.1 Å². The molecule has 0 aromatic carbocycles. The van der Waals surface area contributed by atoms with Crippen LogP contribution in [0.4, 0.5) is 0 Å². The average Bonchev–Trinajstić information content (AvgIpc) is 2.86. The van der Waals surface area contributed by atoms with Gasteiger partial charge >= 0.3 is 0 Å². The number of nitrogens with one attached hydrogen (secondary N) is 4. The summed E-state index contributed by atoms with van der Waals surface area (Å²) in [6.07, 6.45) is 11.7. The van der Waals surface area contributed by atoms with Crippen LogP contribution in [0, 0.1) is 0 Å². The highest BCUT2D eigenvalue weighted by molar-refractivity contribution is 7.99. The molecule has 7 nitrogen and oxygen atoms in total. The van der Waals surface area contributed by atoms with Crippen molar-refractivity contribution in [3.63, 3.8) is 0 Å². The van der Waals surface area contributed by atoms with Crippen LogP contribution >= 0.6 is 11.8 Å². The summed E-state index contributed by atoms with van der Waals surface area (Å²) in [5, 5.41) is 5.45. The van der Waals surface area contributed by atoms with E-state index in [1.54, 1.807) is 11.8 Å². The van der Waals surface area contributed by atoms with Crippen LogP contribution in [0.1, 0.15) is 87.0 Å². The van der Waals surface area contributed by atoms with Crippen molar-refractivity contribution in [2.45, 2.75) is 99.1 Å². The molecular formula is C26H46N4O3S. The molecule has 0 aromatic rings. The first-order valence-electron chi connectivity index (χ1n) is 12.4. The smallest absolute Gasteiger partial charge is 0.261 e. The van der Waals surface area contributed by atoms with Crippen LogP contribution < -0.4 is 21.5 Å². The Hall–Kier alpha value is -2.22. The van der Waals surface area contributed by atoms with Gasteiger partial charge < -0.3 is 16.1 Å². The maximum Gasteiger partial charge on any atom is 0.261 e. The third-order valence-corrected chi connectivity index (χ3v) is 5.95. The summed E-state index contributed by atoms with van der Waals surface area (Å²) in [6.45, 7) is 13.7. The monoisotopic (exact) mass is 494 g/mol. The minimum atomic E-state index is -0.668. The summed E-state index contributed by atoms with van der Waals surface area (Å²) in [5.74, 6) is 0.334. The van der Waals surface area contributed by atoms with Crippen molar-refractivity contribution < 1.29 is 14.4 Å². The second-order valence-corrected chi connectivity index (χ2v) is 9.47. The summed E-state index contributed by atoms with van der Waals surface area (Å²) >= 11 is 1.59. The lowest BCUT2D eigenvalue weighted by molar-refractivity contribution is -0.131. The molecule has 0 radical (unpaired) electrons. The van der Waals surface area contributed by atoms with E-state index in [-0.39, 0.29) is 17.7 Å². The van der Waals surface area contributed by atoms with Crippen LogP contribution in [-0.4, -0.2) is 41.3 Å². The molecule has 0 bridgehead atoms. The molecule has 3 amide bonds. The molecule has 1 aliphatic heterocycles. The maximum absolute atomic E-state index is 12.6. The second-order valence-electron chi connectivity index (χ2n) is 8.39. The molecular weight excluding hydrogens is 448 g/mol. The molecule has 8 heteroatoms. The molecule has 0 aliphatic carbocycles. The summed E-state index contributed by atoms with van der Waals surface area (Å²) in [4.78, 5) is 36.6. The molecule has 1 heterocycles. The van der Waals surface area contributed by atoms with Crippen molar-refractivity contribution in [2.75, 3.05) is 11.5 Å². The molecule has 2 unspecified atom stereocenters. The van der Waals surface area contributed by atoms with Gasteiger partial charge in [0, 0.05) is 24.1 Å². The van der Waals surface area contributed by atoms with Crippen molar-refractivity contribution in [1.29, 1.82) is 0 Å². The molecule has 0 saturated heterocycles. The lowest BCUT2D eigenvalue weighted by Crippen LogP contribution is -2.56. The van der Waals surface area contributed by atoms with Gasteiger partial charge in [-0.1, -0.05) is 56.6 Å². The summed E-state index contributed by atoms with van der Waals surface area (Å²) in [5.41, 5.74) is 9.43. The summed E-state index contributed by atoms with van der Waals surface area (Å²) in [7, 11) is 0. The van der Waals surface area contributed by atoms with E-state index in [0.717, 1.165) is 43.6 Å². The van der Waals surface area contributed by atoms with Gasteiger partial charge in [-0.2, -0.15) is 11.8 Å². The topological polar surface area (TPSA) is 99.3 Å². The largest absolute Gasteiger partial charge is 0.345 e. The van der Waals surface area contributed by atoms with Crippen LogP contribution in [0.3, 0.4) is 0 Å². The van der Waals surface area contributed by atoms with Gasteiger partial charge in [-0.15, -0.1) is 0 Å². The van der Waals surface area contributed by atoms with Gasteiger partial charge in [-0.05, 0) is 52.9 Å². The number of carbonyl (C=O) groups excluding carboxylic acids is 3. The first-order chi connectivity index (χ1) is 16.2. The Morgan fingerprint density at radius 3 is 2.47 bits per heavy atom. The number of hydrogen-bond acceptors (Lipinski definition) is 5. The SMILES string of the molecule is CC.CCCC(NC(C)=O)C(=O)NC1CSC/C=C(/CC/C=C(\C)CCC=C(C)C)NNC1=O. The number of hydrazine groups is 1. The van der Waals surface area contributed by atoms with Crippen LogP contribution in [0.5, 0.6) is 0 Å². The Kier molecular flexibility index (Phi) is 17.9. The second kappa shape index (κ2) is 19.1. The van der Waals surface area contributed by atoms with E-state index in [1.807, 2.05) is 20.8 Å². The summed E-state index contributed by atoms with van der Waals surface area (Å²) < 4.78 is 0. The first-order valence-corrected chi connectivity index (χ1v) is 13.6. The third kappa shape index (κ3) is 14.8. The first kappa shape index (κ1) is 31.8. The van der Waals surface area contributed by atoms with Crippen molar-refractivity contribution >= 4 is 29.5 Å². The lowest BCUT2D eigenvalue weighted by Gasteiger charge is -2.22. The van der Waals surface area contributed by atoms with Gasteiger partial charge in [0.25, 0.3) is 5.91 Å². The third-order valence-electron chi connectivity index (χ3n) is 4.98. The number of hydrogen-bond donors (Lipinski definition) is 4. The maximum atomic E-state index is 12.6. The van der Waals surface area contributed by atoms with E-state index in [2.05, 4.69) is 60.5 Å². The molecule has 0 fully saturated rings. The van der Waals surface area contributed by atoms with E-state index < -0.39 is 12.1 Å². The normalized spacial score (nSPS) is 18.7. The Balaban J connectivity index is 0.00000529. The Morgan fingerprint density at radius 1 is 1.15 bits per heavy atom. The molecule has 194 valence electrons. The summed E-state index contributed by atoms with van der Waals surface area (Å²) in [6, 6.07) is -1.30. The number of rotatable bonds is 11.